The van der Waals surface area contributed by atoms with E-state index < -0.39 is 0 Å². The molecule has 28 heavy (non-hydrogen) atoms. The third-order valence-electron chi connectivity index (χ3n) is 6.54. The van der Waals surface area contributed by atoms with Gasteiger partial charge in [0.25, 0.3) is 0 Å². The minimum Gasteiger partial charge on any atom is -0.462 e. The van der Waals surface area contributed by atoms with Crippen LogP contribution in [0.1, 0.15) is 110 Å². The minimum atomic E-state index is 0.0311. The van der Waals surface area contributed by atoms with E-state index in [1.54, 1.807) is 0 Å². The quantitative estimate of drug-likeness (QED) is 0.153. The summed E-state index contributed by atoms with van der Waals surface area (Å²) in [6, 6.07) is 0. The smallest absolute Gasteiger partial charge is 0.308 e. The number of hydrogen-bond donors (Lipinski definition) is 0. The van der Waals surface area contributed by atoms with Crippen molar-refractivity contribution in [2.75, 3.05) is 0 Å². The van der Waals surface area contributed by atoms with Crippen LogP contribution in [0.4, 0.5) is 0 Å². The molecule has 0 spiro atoms. The van der Waals surface area contributed by atoms with Crippen LogP contribution in [-0.4, -0.2) is 12.1 Å². The van der Waals surface area contributed by atoms with Gasteiger partial charge in [-0.15, -0.1) is 0 Å². The molecule has 0 aromatic carbocycles. The number of carbonyl (C=O) groups is 1. The van der Waals surface area contributed by atoms with Crippen LogP contribution in [0.15, 0.2) is 24.3 Å². The number of allylic oxidation sites excluding steroid dienone is 3. The minimum absolute atomic E-state index is 0.0311. The molecule has 0 heterocycles. The Morgan fingerprint density at radius 1 is 0.929 bits per heavy atom. The van der Waals surface area contributed by atoms with Crippen LogP contribution in [-0.2, 0) is 9.53 Å². The maximum atomic E-state index is 12.3. The van der Waals surface area contributed by atoms with Crippen molar-refractivity contribution in [1.29, 1.82) is 0 Å². The number of unbranched alkanes of at least 4 members (excludes halogenated alkanes) is 10. The van der Waals surface area contributed by atoms with Gasteiger partial charge in [0, 0.05) is 5.92 Å². The SMILES string of the molecule is CCCCCCCC/C=C\CCCCCCC(C)C(=O)OC1CC2C=CC1C2. The fraction of sp³-hybridized carbons (Fsp3) is 0.808. The molecule has 2 rings (SSSR count). The Morgan fingerprint density at radius 3 is 2.18 bits per heavy atom. The standard InChI is InChI=1S/C26H44O2/c1-3-4-5-6-7-8-9-10-11-12-13-14-15-16-17-22(2)26(27)28-25-21-23-18-19-24(25)20-23/h10-11,18-19,22-25H,3-9,12-17,20-21H2,1-2H3/b11-10-. The van der Waals surface area contributed by atoms with Crippen molar-refractivity contribution in [1.82, 2.24) is 0 Å². The van der Waals surface area contributed by atoms with E-state index >= 15 is 0 Å². The van der Waals surface area contributed by atoms with E-state index in [4.69, 9.17) is 4.74 Å². The summed E-state index contributed by atoms with van der Waals surface area (Å²) in [5.41, 5.74) is 0. The first-order chi connectivity index (χ1) is 13.7. The van der Waals surface area contributed by atoms with E-state index in [0.717, 1.165) is 19.3 Å². The van der Waals surface area contributed by atoms with Gasteiger partial charge in [0.05, 0.1) is 5.92 Å². The zero-order valence-electron chi connectivity index (χ0n) is 18.5. The predicted octanol–water partition coefficient (Wildman–Crippen LogP) is 7.78. The van der Waals surface area contributed by atoms with Crippen molar-refractivity contribution in [3.63, 3.8) is 0 Å². The first-order valence-corrected chi connectivity index (χ1v) is 12.2. The number of carbonyl (C=O) groups excluding carboxylic acids is 1. The molecule has 2 heteroatoms. The molecular weight excluding hydrogens is 344 g/mol. The van der Waals surface area contributed by atoms with Gasteiger partial charge in [-0.3, -0.25) is 4.79 Å². The molecule has 4 unspecified atom stereocenters. The molecule has 0 amide bonds. The van der Waals surface area contributed by atoms with Crippen LogP contribution in [0.3, 0.4) is 0 Å². The Labute approximate surface area is 174 Å². The Balaban J connectivity index is 1.37. The van der Waals surface area contributed by atoms with Crippen LogP contribution >= 0.6 is 0 Å². The summed E-state index contributed by atoms with van der Waals surface area (Å²) >= 11 is 0. The summed E-state index contributed by atoms with van der Waals surface area (Å²) in [5.74, 6) is 1.25. The van der Waals surface area contributed by atoms with Gasteiger partial charge >= 0.3 is 5.97 Å². The third kappa shape index (κ3) is 8.97. The van der Waals surface area contributed by atoms with Crippen LogP contribution in [0.5, 0.6) is 0 Å². The summed E-state index contributed by atoms with van der Waals surface area (Å²) in [4.78, 5) is 12.3. The summed E-state index contributed by atoms with van der Waals surface area (Å²) in [5, 5.41) is 0. The molecule has 0 radical (unpaired) electrons. The van der Waals surface area contributed by atoms with Crippen LogP contribution < -0.4 is 0 Å². The Hall–Kier alpha value is -1.05. The lowest BCUT2D eigenvalue weighted by Crippen LogP contribution is -2.25. The van der Waals surface area contributed by atoms with E-state index in [-0.39, 0.29) is 18.0 Å². The van der Waals surface area contributed by atoms with Gasteiger partial charge < -0.3 is 4.74 Å². The zero-order valence-corrected chi connectivity index (χ0v) is 18.5. The molecule has 2 aliphatic carbocycles. The van der Waals surface area contributed by atoms with E-state index in [1.165, 1.54) is 77.0 Å². The Bertz CT molecular complexity index is 479. The molecule has 4 atom stereocenters. The molecule has 160 valence electrons. The number of rotatable bonds is 16. The number of hydrogen-bond acceptors (Lipinski definition) is 2. The Kier molecular flexibility index (Phi) is 11.6. The highest BCUT2D eigenvalue weighted by Crippen LogP contribution is 2.41. The molecule has 2 aliphatic rings. The Morgan fingerprint density at radius 2 is 1.57 bits per heavy atom. The molecule has 0 aromatic heterocycles. The van der Waals surface area contributed by atoms with Gasteiger partial charge in [-0.05, 0) is 50.9 Å². The van der Waals surface area contributed by atoms with Crippen molar-refractivity contribution >= 4 is 5.97 Å². The highest BCUT2D eigenvalue weighted by molar-refractivity contribution is 5.72. The lowest BCUT2D eigenvalue weighted by Gasteiger charge is -2.21. The maximum Gasteiger partial charge on any atom is 0.308 e. The molecule has 0 N–H and O–H groups in total. The summed E-state index contributed by atoms with van der Waals surface area (Å²) in [6.07, 6.45) is 28.4. The summed E-state index contributed by atoms with van der Waals surface area (Å²) < 4.78 is 5.78. The van der Waals surface area contributed by atoms with Crippen molar-refractivity contribution in [2.24, 2.45) is 17.8 Å². The average Bonchev–Trinajstić information content (AvgIpc) is 3.31. The fourth-order valence-corrected chi connectivity index (χ4v) is 4.59. The normalized spacial score (nSPS) is 24.3. The fourth-order valence-electron chi connectivity index (χ4n) is 4.59. The lowest BCUT2D eigenvalue weighted by atomic mass is 10.0. The second-order valence-corrected chi connectivity index (χ2v) is 9.18. The maximum absolute atomic E-state index is 12.3. The molecule has 0 aromatic rings. The van der Waals surface area contributed by atoms with Crippen molar-refractivity contribution in [2.45, 2.75) is 116 Å². The molecule has 1 fully saturated rings. The van der Waals surface area contributed by atoms with E-state index in [1.807, 2.05) is 6.92 Å². The zero-order chi connectivity index (χ0) is 20.0. The van der Waals surface area contributed by atoms with E-state index in [2.05, 4.69) is 31.2 Å². The molecule has 2 nitrogen and oxygen atoms in total. The predicted molar refractivity (Wildman–Crippen MR) is 119 cm³/mol. The first kappa shape index (κ1) is 23.2. The summed E-state index contributed by atoms with van der Waals surface area (Å²) in [7, 11) is 0. The summed E-state index contributed by atoms with van der Waals surface area (Å²) in [6.45, 7) is 4.31. The first-order valence-electron chi connectivity index (χ1n) is 12.2. The van der Waals surface area contributed by atoms with Crippen LogP contribution in [0, 0.1) is 17.8 Å². The molecular formula is C26H44O2. The van der Waals surface area contributed by atoms with E-state index in [0.29, 0.717) is 11.8 Å². The topological polar surface area (TPSA) is 26.3 Å². The highest BCUT2D eigenvalue weighted by atomic mass is 16.5. The van der Waals surface area contributed by atoms with Gasteiger partial charge in [0.15, 0.2) is 0 Å². The second kappa shape index (κ2) is 14.0. The highest BCUT2D eigenvalue weighted by Gasteiger charge is 2.38. The number of fused-ring (bicyclic) bond motifs is 2. The monoisotopic (exact) mass is 388 g/mol. The third-order valence-corrected chi connectivity index (χ3v) is 6.54. The van der Waals surface area contributed by atoms with Crippen molar-refractivity contribution < 1.29 is 9.53 Å². The van der Waals surface area contributed by atoms with Gasteiger partial charge in [-0.2, -0.15) is 0 Å². The number of esters is 1. The van der Waals surface area contributed by atoms with Crippen molar-refractivity contribution in [3.05, 3.63) is 24.3 Å². The number of ether oxygens (including phenoxy) is 1. The average molecular weight is 389 g/mol. The second-order valence-electron chi connectivity index (χ2n) is 9.18. The molecule has 1 saturated carbocycles. The van der Waals surface area contributed by atoms with Gasteiger partial charge in [0.2, 0.25) is 0 Å². The molecule has 0 aliphatic heterocycles. The van der Waals surface area contributed by atoms with Crippen LogP contribution in [0.25, 0.3) is 0 Å². The molecule has 2 bridgehead atoms. The van der Waals surface area contributed by atoms with E-state index in [9.17, 15) is 4.79 Å². The van der Waals surface area contributed by atoms with Gasteiger partial charge in [-0.25, -0.2) is 0 Å². The van der Waals surface area contributed by atoms with Crippen molar-refractivity contribution in [3.8, 4) is 0 Å². The lowest BCUT2D eigenvalue weighted by molar-refractivity contribution is -0.154. The van der Waals surface area contributed by atoms with Gasteiger partial charge in [-0.1, -0.05) is 89.5 Å². The molecule has 0 saturated heterocycles. The van der Waals surface area contributed by atoms with Gasteiger partial charge in [0.1, 0.15) is 6.10 Å². The largest absolute Gasteiger partial charge is 0.462 e. The van der Waals surface area contributed by atoms with Crippen LogP contribution in [0.2, 0.25) is 0 Å².